The third kappa shape index (κ3) is 3.24. The van der Waals surface area contributed by atoms with Crippen LogP contribution in [-0.2, 0) is 11.0 Å². The van der Waals surface area contributed by atoms with E-state index in [1.807, 2.05) is 0 Å². The van der Waals surface area contributed by atoms with Gasteiger partial charge >= 0.3 is 12.1 Å². The lowest BCUT2D eigenvalue weighted by Crippen LogP contribution is -2.04. The van der Waals surface area contributed by atoms with Gasteiger partial charge in [-0.25, -0.2) is 4.79 Å². The van der Waals surface area contributed by atoms with Crippen molar-refractivity contribution in [3.05, 3.63) is 34.9 Å². The molecule has 0 bridgehead atoms. The maximum absolute atomic E-state index is 12.3. The van der Waals surface area contributed by atoms with Crippen molar-refractivity contribution in [2.45, 2.75) is 13.1 Å². The summed E-state index contributed by atoms with van der Waals surface area (Å²) in [6.07, 6.45) is -3.45. The monoisotopic (exact) mass is 246 g/mol. The van der Waals surface area contributed by atoms with Crippen molar-refractivity contribution in [1.82, 2.24) is 0 Å². The van der Waals surface area contributed by atoms with Crippen LogP contribution in [0.4, 0.5) is 13.2 Å². The number of carbonyl (C=O) groups is 1. The number of phenols is 1. The first-order chi connectivity index (χ1) is 7.71. The maximum atomic E-state index is 12.3. The molecule has 17 heavy (non-hydrogen) atoms. The molecule has 92 valence electrons. The lowest BCUT2D eigenvalue weighted by atomic mass is 10.1. The van der Waals surface area contributed by atoms with Gasteiger partial charge in [0, 0.05) is 11.1 Å². The zero-order valence-electron chi connectivity index (χ0n) is 8.75. The predicted octanol–water partition coefficient (Wildman–Crippen LogP) is 2.90. The minimum absolute atomic E-state index is 0.0258. The Kier molecular flexibility index (Phi) is 3.45. The predicted molar refractivity (Wildman–Crippen MR) is 54.4 cm³/mol. The summed E-state index contributed by atoms with van der Waals surface area (Å²) in [5, 5.41) is 17.9. The Bertz CT molecular complexity index is 475. The lowest BCUT2D eigenvalue weighted by Gasteiger charge is -2.08. The molecule has 0 aliphatic carbocycles. The summed E-state index contributed by atoms with van der Waals surface area (Å²) in [4.78, 5) is 10.5. The highest BCUT2D eigenvalue weighted by molar-refractivity contribution is 5.91. The average Bonchev–Trinajstić information content (AvgIpc) is 2.19. The van der Waals surface area contributed by atoms with E-state index in [1.165, 1.54) is 6.92 Å². The first kappa shape index (κ1) is 13.1. The van der Waals surface area contributed by atoms with Gasteiger partial charge in [0.25, 0.3) is 0 Å². The molecule has 0 aromatic heterocycles. The highest BCUT2D eigenvalue weighted by Crippen LogP contribution is 2.33. The Morgan fingerprint density at radius 3 is 2.35 bits per heavy atom. The van der Waals surface area contributed by atoms with Gasteiger partial charge in [-0.2, -0.15) is 13.2 Å². The van der Waals surface area contributed by atoms with Crippen molar-refractivity contribution in [2.75, 3.05) is 0 Å². The maximum Gasteiger partial charge on any atom is 0.416 e. The van der Waals surface area contributed by atoms with E-state index < -0.39 is 23.5 Å². The summed E-state index contributed by atoms with van der Waals surface area (Å²) < 4.78 is 36.8. The molecule has 2 N–H and O–H groups in total. The van der Waals surface area contributed by atoms with E-state index in [1.54, 1.807) is 0 Å². The second kappa shape index (κ2) is 4.48. The number of carboxylic acid groups (broad SMARTS) is 1. The third-order valence-electron chi connectivity index (χ3n) is 2.07. The van der Waals surface area contributed by atoms with E-state index in [0.29, 0.717) is 6.07 Å². The molecule has 1 aromatic rings. The minimum atomic E-state index is -4.54. The number of benzene rings is 1. The van der Waals surface area contributed by atoms with Crippen LogP contribution < -0.4 is 0 Å². The standard InChI is InChI=1S/C11H9F3O3/c1-6(10(16)17)4-7-2-3-8(5-9(7)15)11(12,13)14/h2-5,15H,1H3,(H,16,17)/b6-4+. The number of aliphatic carboxylic acids is 1. The van der Waals surface area contributed by atoms with Crippen LogP contribution in [-0.4, -0.2) is 16.2 Å². The van der Waals surface area contributed by atoms with E-state index in [0.717, 1.165) is 18.2 Å². The third-order valence-corrected chi connectivity index (χ3v) is 2.07. The van der Waals surface area contributed by atoms with E-state index in [4.69, 9.17) is 5.11 Å². The zero-order chi connectivity index (χ0) is 13.2. The molecular formula is C11H9F3O3. The van der Waals surface area contributed by atoms with Gasteiger partial charge in [-0.15, -0.1) is 0 Å². The van der Waals surface area contributed by atoms with Crippen molar-refractivity contribution in [3.63, 3.8) is 0 Å². The number of alkyl halides is 3. The molecule has 0 fully saturated rings. The summed E-state index contributed by atoms with van der Waals surface area (Å²) >= 11 is 0. The number of halogens is 3. The molecule has 6 heteroatoms. The van der Waals surface area contributed by atoms with Gasteiger partial charge in [0.1, 0.15) is 5.75 Å². The molecule has 0 saturated heterocycles. The van der Waals surface area contributed by atoms with E-state index in [9.17, 15) is 23.1 Å². The highest BCUT2D eigenvalue weighted by Gasteiger charge is 2.30. The van der Waals surface area contributed by atoms with E-state index >= 15 is 0 Å². The Hall–Kier alpha value is -1.98. The normalized spacial score (nSPS) is 12.6. The summed E-state index contributed by atoms with van der Waals surface area (Å²) in [5.74, 6) is -1.82. The summed E-state index contributed by atoms with van der Waals surface area (Å²) in [7, 11) is 0. The Balaban J connectivity index is 3.15. The first-order valence-corrected chi connectivity index (χ1v) is 4.53. The van der Waals surface area contributed by atoms with E-state index in [-0.39, 0.29) is 11.1 Å². The fourth-order valence-electron chi connectivity index (χ4n) is 1.14. The quantitative estimate of drug-likeness (QED) is 0.789. The molecule has 0 aliphatic heterocycles. The number of hydrogen-bond donors (Lipinski definition) is 2. The van der Waals surface area contributed by atoms with Gasteiger partial charge in [-0.3, -0.25) is 0 Å². The molecular weight excluding hydrogens is 237 g/mol. The number of hydrogen-bond acceptors (Lipinski definition) is 2. The van der Waals surface area contributed by atoms with Gasteiger partial charge in [-0.1, -0.05) is 6.07 Å². The molecule has 0 radical (unpaired) electrons. The topological polar surface area (TPSA) is 57.5 Å². The van der Waals surface area contributed by atoms with Crippen LogP contribution in [0.5, 0.6) is 5.75 Å². The molecule has 0 saturated carbocycles. The molecule has 0 atom stereocenters. The number of carboxylic acids is 1. The summed E-state index contributed by atoms with van der Waals surface area (Å²) in [6.45, 7) is 1.28. The Morgan fingerprint density at radius 2 is 1.94 bits per heavy atom. The fourth-order valence-corrected chi connectivity index (χ4v) is 1.14. The first-order valence-electron chi connectivity index (χ1n) is 4.53. The van der Waals surface area contributed by atoms with Crippen LogP contribution >= 0.6 is 0 Å². The van der Waals surface area contributed by atoms with Crippen LogP contribution in [0, 0.1) is 0 Å². The average molecular weight is 246 g/mol. The van der Waals surface area contributed by atoms with Crippen molar-refractivity contribution in [3.8, 4) is 5.75 Å². The minimum Gasteiger partial charge on any atom is -0.507 e. The highest BCUT2D eigenvalue weighted by atomic mass is 19.4. The van der Waals surface area contributed by atoms with Crippen LogP contribution in [0.3, 0.4) is 0 Å². The molecule has 0 amide bonds. The van der Waals surface area contributed by atoms with Crippen LogP contribution in [0.25, 0.3) is 6.08 Å². The molecule has 0 heterocycles. The van der Waals surface area contributed by atoms with Crippen molar-refractivity contribution in [1.29, 1.82) is 0 Å². The fraction of sp³-hybridized carbons (Fsp3) is 0.182. The molecule has 0 unspecified atom stereocenters. The van der Waals surface area contributed by atoms with Crippen molar-refractivity contribution >= 4 is 12.0 Å². The largest absolute Gasteiger partial charge is 0.507 e. The van der Waals surface area contributed by atoms with Gasteiger partial charge in [0.2, 0.25) is 0 Å². The van der Waals surface area contributed by atoms with Gasteiger partial charge < -0.3 is 10.2 Å². The van der Waals surface area contributed by atoms with Crippen molar-refractivity contribution < 1.29 is 28.2 Å². The van der Waals surface area contributed by atoms with Gasteiger partial charge in [0.05, 0.1) is 5.56 Å². The van der Waals surface area contributed by atoms with Gasteiger partial charge in [-0.05, 0) is 25.1 Å². The molecule has 1 aromatic carbocycles. The molecule has 1 rings (SSSR count). The smallest absolute Gasteiger partial charge is 0.416 e. The van der Waals surface area contributed by atoms with Crippen LogP contribution in [0.15, 0.2) is 23.8 Å². The lowest BCUT2D eigenvalue weighted by molar-refractivity contribution is -0.137. The summed E-state index contributed by atoms with van der Waals surface area (Å²) in [5.41, 5.74) is -1.04. The Labute approximate surface area is 94.8 Å². The van der Waals surface area contributed by atoms with Crippen LogP contribution in [0.1, 0.15) is 18.1 Å². The van der Waals surface area contributed by atoms with E-state index in [2.05, 4.69) is 0 Å². The van der Waals surface area contributed by atoms with Crippen molar-refractivity contribution in [2.24, 2.45) is 0 Å². The molecule has 0 spiro atoms. The molecule has 0 aliphatic rings. The van der Waals surface area contributed by atoms with Crippen LogP contribution in [0.2, 0.25) is 0 Å². The SMILES string of the molecule is C/C(=C\c1ccc(C(F)(F)F)cc1O)C(=O)O. The van der Waals surface area contributed by atoms with Gasteiger partial charge in [0.15, 0.2) is 0 Å². The second-order valence-corrected chi connectivity index (χ2v) is 3.40. The second-order valence-electron chi connectivity index (χ2n) is 3.40. The zero-order valence-corrected chi connectivity index (χ0v) is 8.75. The number of aromatic hydroxyl groups is 1. The number of rotatable bonds is 2. The Morgan fingerprint density at radius 1 is 1.35 bits per heavy atom. The molecule has 3 nitrogen and oxygen atoms in total. The number of phenolic OH excluding ortho intramolecular Hbond substituents is 1. The summed E-state index contributed by atoms with van der Waals surface area (Å²) in [6, 6.07) is 2.35.